The van der Waals surface area contributed by atoms with Crippen LogP contribution in [0.4, 0.5) is 5.82 Å². The van der Waals surface area contributed by atoms with Gasteiger partial charge < -0.3 is 10.1 Å². The zero-order valence-electron chi connectivity index (χ0n) is 12.4. The second-order valence-electron chi connectivity index (χ2n) is 5.32. The van der Waals surface area contributed by atoms with Gasteiger partial charge in [0.2, 0.25) is 0 Å². The summed E-state index contributed by atoms with van der Waals surface area (Å²) in [4.78, 5) is 6.86. The van der Waals surface area contributed by atoms with Crippen molar-refractivity contribution in [1.82, 2.24) is 9.88 Å². The molecule has 0 bridgehead atoms. The van der Waals surface area contributed by atoms with Crippen LogP contribution in [-0.2, 0) is 4.74 Å². The molecule has 22 heavy (non-hydrogen) atoms. The Morgan fingerprint density at radius 3 is 2.59 bits per heavy atom. The lowest BCUT2D eigenvalue weighted by molar-refractivity contribution is 0.0187. The van der Waals surface area contributed by atoms with E-state index in [2.05, 4.69) is 61.5 Å². The van der Waals surface area contributed by atoms with Crippen molar-refractivity contribution in [3.63, 3.8) is 0 Å². The van der Waals surface area contributed by atoms with E-state index in [-0.39, 0.29) is 0 Å². The first kappa shape index (κ1) is 15.5. The lowest BCUT2D eigenvalue weighted by Crippen LogP contribution is -2.41. The molecule has 1 fully saturated rings. The predicted molar refractivity (Wildman–Crippen MR) is 92.0 cm³/mol. The van der Waals surface area contributed by atoms with Crippen molar-refractivity contribution in [2.45, 2.75) is 6.04 Å². The highest BCUT2D eigenvalue weighted by Crippen LogP contribution is 2.22. The van der Waals surface area contributed by atoms with Crippen LogP contribution >= 0.6 is 15.9 Å². The Hall–Kier alpha value is -1.43. The van der Waals surface area contributed by atoms with Crippen LogP contribution in [0, 0.1) is 0 Å². The molecule has 1 saturated heterocycles. The number of pyridine rings is 1. The molecule has 1 unspecified atom stereocenters. The standard InChI is InChI=1S/C17H20BrN3O/c18-15-6-7-17(19-12-15)20-13-16(14-4-2-1-3-5-14)21-8-10-22-11-9-21/h1-7,12,16H,8-11,13H2,(H,19,20). The number of anilines is 1. The Morgan fingerprint density at radius 1 is 1.14 bits per heavy atom. The largest absolute Gasteiger partial charge is 0.379 e. The maximum Gasteiger partial charge on any atom is 0.126 e. The number of hydrogen-bond acceptors (Lipinski definition) is 4. The molecular formula is C17H20BrN3O. The summed E-state index contributed by atoms with van der Waals surface area (Å²) in [6.07, 6.45) is 1.81. The summed E-state index contributed by atoms with van der Waals surface area (Å²) in [5.41, 5.74) is 1.33. The fraction of sp³-hybridized carbons (Fsp3) is 0.353. The van der Waals surface area contributed by atoms with E-state index in [1.807, 2.05) is 18.3 Å². The Labute approximate surface area is 139 Å². The number of nitrogens with zero attached hydrogens (tertiary/aromatic N) is 2. The molecule has 1 aliphatic heterocycles. The van der Waals surface area contributed by atoms with E-state index >= 15 is 0 Å². The van der Waals surface area contributed by atoms with Gasteiger partial charge in [0.15, 0.2) is 0 Å². The van der Waals surface area contributed by atoms with Gasteiger partial charge in [-0.3, -0.25) is 4.90 Å². The number of hydrogen-bond donors (Lipinski definition) is 1. The molecule has 1 N–H and O–H groups in total. The van der Waals surface area contributed by atoms with E-state index in [0.29, 0.717) is 6.04 Å². The number of benzene rings is 1. The van der Waals surface area contributed by atoms with Crippen molar-refractivity contribution in [2.75, 3.05) is 38.2 Å². The summed E-state index contributed by atoms with van der Waals surface area (Å²) < 4.78 is 6.47. The molecule has 0 saturated carbocycles. The summed E-state index contributed by atoms with van der Waals surface area (Å²) in [5, 5.41) is 3.45. The predicted octanol–water partition coefficient (Wildman–Crippen LogP) is 3.33. The van der Waals surface area contributed by atoms with Gasteiger partial charge in [-0.05, 0) is 33.6 Å². The van der Waals surface area contributed by atoms with E-state index in [0.717, 1.165) is 43.1 Å². The van der Waals surface area contributed by atoms with Crippen LogP contribution in [0.1, 0.15) is 11.6 Å². The van der Waals surface area contributed by atoms with Crippen molar-refractivity contribution in [1.29, 1.82) is 0 Å². The quantitative estimate of drug-likeness (QED) is 0.886. The number of aromatic nitrogens is 1. The molecule has 4 nitrogen and oxygen atoms in total. The highest BCUT2D eigenvalue weighted by Gasteiger charge is 2.22. The van der Waals surface area contributed by atoms with Gasteiger partial charge in [-0.15, -0.1) is 0 Å². The first-order valence-corrected chi connectivity index (χ1v) is 8.34. The zero-order valence-corrected chi connectivity index (χ0v) is 14.0. The van der Waals surface area contributed by atoms with Gasteiger partial charge in [-0.1, -0.05) is 30.3 Å². The van der Waals surface area contributed by atoms with Gasteiger partial charge in [0.05, 0.1) is 19.3 Å². The highest BCUT2D eigenvalue weighted by atomic mass is 79.9. The van der Waals surface area contributed by atoms with Crippen LogP contribution in [0.5, 0.6) is 0 Å². The fourth-order valence-corrected chi connectivity index (χ4v) is 2.94. The molecule has 116 valence electrons. The number of ether oxygens (including phenoxy) is 1. The molecule has 0 radical (unpaired) electrons. The molecule has 1 aromatic carbocycles. The van der Waals surface area contributed by atoms with Crippen molar-refractivity contribution in [3.8, 4) is 0 Å². The van der Waals surface area contributed by atoms with E-state index in [1.165, 1.54) is 5.56 Å². The van der Waals surface area contributed by atoms with Crippen molar-refractivity contribution in [3.05, 3.63) is 58.7 Å². The molecule has 0 spiro atoms. The minimum atomic E-state index is 0.329. The summed E-state index contributed by atoms with van der Waals surface area (Å²) >= 11 is 3.41. The van der Waals surface area contributed by atoms with Gasteiger partial charge in [0, 0.05) is 30.3 Å². The lowest BCUT2D eigenvalue weighted by Gasteiger charge is -2.35. The van der Waals surface area contributed by atoms with Crippen molar-refractivity contribution in [2.24, 2.45) is 0 Å². The first-order valence-electron chi connectivity index (χ1n) is 7.55. The number of nitrogens with one attached hydrogen (secondary N) is 1. The number of halogens is 1. The minimum absolute atomic E-state index is 0.329. The first-order chi connectivity index (χ1) is 10.8. The minimum Gasteiger partial charge on any atom is -0.379 e. The third kappa shape index (κ3) is 4.06. The van der Waals surface area contributed by atoms with Gasteiger partial charge in [0.1, 0.15) is 5.82 Å². The molecular weight excluding hydrogens is 342 g/mol. The van der Waals surface area contributed by atoms with E-state index in [4.69, 9.17) is 4.74 Å². The SMILES string of the molecule is Brc1ccc(NCC(c2ccccc2)N2CCOCC2)nc1. The van der Waals surface area contributed by atoms with E-state index in [9.17, 15) is 0 Å². The van der Waals surface area contributed by atoms with E-state index in [1.54, 1.807) is 0 Å². The highest BCUT2D eigenvalue weighted by molar-refractivity contribution is 9.10. The van der Waals surface area contributed by atoms with Crippen LogP contribution in [0.25, 0.3) is 0 Å². The molecule has 1 aromatic heterocycles. The molecule has 5 heteroatoms. The molecule has 1 atom stereocenters. The smallest absolute Gasteiger partial charge is 0.126 e. The molecule has 2 aromatic rings. The Morgan fingerprint density at radius 2 is 1.91 bits per heavy atom. The van der Waals surface area contributed by atoms with Gasteiger partial charge >= 0.3 is 0 Å². The average Bonchev–Trinajstić information content (AvgIpc) is 2.59. The molecule has 3 rings (SSSR count). The van der Waals surface area contributed by atoms with E-state index < -0.39 is 0 Å². The molecule has 2 heterocycles. The normalized spacial score (nSPS) is 17.1. The fourth-order valence-electron chi connectivity index (χ4n) is 2.70. The maximum absolute atomic E-state index is 5.48. The summed E-state index contributed by atoms with van der Waals surface area (Å²) in [5.74, 6) is 0.900. The van der Waals surface area contributed by atoms with Gasteiger partial charge in [0.25, 0.3) is 0 Å². The summed E-state index contributed by atoms with van der Waals surface area (Å²) in [6, 6.07) is 15.0. The second-order valence-corrected chi connectivity index (χ2v) is 6.23. The Bertz CT molecular complexity index is 570. The van der Waals surface area contributed by atoms with Crippen LogP contribution in [-0.4, -0.2) is 42.7 Å². The average molecular weight is 362 g/mol. The summed E-state index contributed by atoms with van der Waals surface area (Å²) in [7, 11) is 0. The molecule has 0 amide bonds. The lowest BCUT2D eigenvalue weighted by atomic mass is 10.0. The second kappa shape index (κ2) is 7.72. The zero-order chi connectivity index (χ0) is 15.2. The van der Waals surface area contributed by atoms with Crippen LogP contribution in [0.2, 0.25) is 0 Å². The molecule has 0 aliphatic carbocycles. The van der Waals surface area contributed by atoms with Crippen LogP contribution in [0.15, 0.2) is 53.1 Å². The summed E-state index contributed by atoms with van der Waals surface area (Å²) in [6.45, 7) is 4.38. The van der Waals surface area contributed by atoms with Gasteiger partial charge in [-0.2, -0.15) is 0 Å². The Kier molecular flexibility index (Phi) is 5.43. The topological polar surface area (TPSA) is 37.4 Å². The van der Waals surface area contributed by atoms with Crippen LogP contribution < -0.4 is 5.32 Å². The van der Waals surface area contributed by atoms with Crippen LogP contribution in [0.3, 0.4) is 0 Å². The van der Waals surface area contributed by atoms with Crippen molar-refractivity contribution >= 4 is 21.7 Å². The number of rotatable bonds is 5. The van der Waals surface area contributed by atoms with Gasteiger partial charge in [-0.25, -0.2) is 4.98 Å². The number of morpholine rings is 1. The molecule has 1 aliphatic rings. The third-order valence-electron chi connectivity index (χ3n) is 3.87. The third-order valence-corrected chi connectivity index (χ3v) is 4.34. The van der Waals surface area contributed by atoms with Crippen molar-refractivity contribution < 1.29 is 4.74 Å². The maximum atomic E-state index is 5.48. The monoisotopic (exact) mass is 361 g/mol. The Balaban J connectivity index is 1.72.